The van der Waals surface area contributed by atoms with E-state index >= 15 is 0 Å². The Morgan fingerprint density at radius 3 is 2.41 bits per heavy atom. The summed E-state index contributed by atoms with van der Waals surface area (Å²) in [5.74, 6) is 0.149. The van der Waals surface area contributed by atoms with Gasteiger partial charge in [-0.25, -0.2) is 8.42 Å². The smallest absolute Gasteiger partial charge is 0.264 e. The van der Waals surface area contributed by atoms with E-state index in [1.807, 2.05) is 13.0 Å². The number of hydrogen-bond acceptors (Lipinski definition) is 4. The monoisotopic (exact) mass is 536 g/mol. The fourth-order valence-electron chi connectivity index (χ4n) is 2.85. The summed E-state index contributed by atoms with van der Waals surface area (Å²) in [6, 6.07) is 20.1. The Balaban J connectivity index is 1.67. The van der Waals surface area contributed by atoms with Gasteiger partial charge >= 0.3 is 0 Å². The van der Waals surface area contributed by atoms with Crippen LogP contribution < -0.4 is 14.4 Å². The first-order valence-electron chi connectivity index (χ1n) is 9.76. The Kier molecular flexibility index (Phi) is 8.17. The molecule has 0 aliphatic rings. The lowest BCUT2D eigenvalue weighted by Crippen LogP contribution is -2.41. The van der Waals surface area contributed by atoms with Crippen LogP contribution in [-0.4, -0.2) is 34.0 Å². The van der Waals surface area contributed by atoms with E-state index in [0.717, 1.165) is 14.3 Å². The minimum absolute atomic E-state index is 0.107. The lowest BCUT2D eigenvalue weighted by molar-refractivity contribution is -0.119. The third-order valence-electron chi connectivity index (χ3n) is 4.57. The summed E-state index contributed by atoms with van der Waals surface area (Å²) in [7, 11) is -3.93. The van der Waals surface area contributed by atoms with Crippen LogP contribution in [0, 0.1) is 6.92 Å². The van der Waals surface area contributed by atoms with Crippen LogP contribution in [-0.2, 0) is 14.8 Å². The number of rotatable bonds is 9. The molecule has 0 spiro atoms. The minimum atomic E-state index is -3.93. The molecule has 0 saturated carbocycles. The molecule has 6 nitrogen and oxygen atoms in total. The highest BCUT2D eigenvalue weighted by atomic mass is 79.9. The van der Waals surface area contributed by atoms with Crippen LogP contribution in [0.5, 0.6) is 5.75 Å². The van der Waals surface area contributed by atoms with Crippen LogP contribution >= 0.6 is 27.5 Å². The Labute approximate surface area is 201 Å². The molecule has 32 heavy (non-hydrogen) atoms. The minimum Gasteiger partial charge on any atom is -0.492 e. The zero-order valence-corrected chi connectivity index (χ0v) is 20.5. The van der Waals surface area contributed by atoms with Gasteiger partial charge in [0.05, 0.1) is 17.1 Å². The van der Waals surface area contributed by atoms with E-state index in [-0.39, 0.29) is 24.6 Å². The summed E-state index contributed by atoms with van der Waals surface area (Å²) in [6.07, 6.45) is 0. The van der Waals surface area contributed by atoms with Gasteiger partial charge in [0.1, 0.15) is 18.9 Å². The predicted molar refractivity (Wildman–Crippen MR) is 130 cm³/mol. The second-order valence-corrected chi connectivity index (χ2v) is 10.1. The molecular weight excluding hydrogens is 516 g/mol. The number of anilines is 1. The number of carbonyl (C=O) groups is 1. The van der Waals surface area contributed by atoms with Crippen molar-refractivity contribution in [3.05, 3.63) is 87.9 Å². The number of nitrogens with zero attached hydrogens (tertiary/aromatic N) is 1. The number of carbonyl (C=O) groups excluding carboxylic acids is 1. The van der Waals surface area contributed by atoms with Crippen molar-refractivity contribution < 1.29 is 17.9 Å². The summed E-state index contributed by atoms with van der Waals surface area (Å²) in [6.45, 7) is 1.96. The van der Waals surface area contributed by atoms with Crippen molar-refractivity contribution in [3.63, 3.8) is 0 Å². The van der Waals surface area contributed by atoms with Gasteiger partial charge in [0.2, 0.25) is 5.91 Å². The van der Waals surface area contributed by atoms with E-state index in [1.165, 1.54) is 12.1 Å². The van der Waals surface area contributed by atoms with Crippen LogP contribution in [0.1, 0.15) is 5.56 Å². The lowest BCUT2D eigenvalue weighted by atomic mass is 10.2. The molecule has 0 fully saturated rings. The van der Waals surface area contributed by atoms with Crippen LogP contribution in [0.4, 0.5) is 5.69 Å². The second kappa shape index (κ2) is 10.8. The zero-order valence-electron chi connectivity index (χ0n) is 17.3. The van der Waals surface area contributed by atoms with E-state index in [0.29, 0.717) is 16.5 Å². The maximum Gasteiger partial charge on any atom is 0.264 e. The highest BCUT2D eigenvalue weighted by Crippen LogP contribution is 2.25. The first kappa shape index (κ1) is 24.1. The highest BCUT2D eigenvalue weighted by Gasteiger charge is 2.27. The van der Waals surface area contributed by atoms with Gasteiger partial charge in [0.25, 0.3) is 10.0 Å². The Morgan fingerprint density at radius 1 is 1.06 bits per heavy atom. The average Bonchev–Trinajstić information content (AvgIpc) is 2.78. The Bertz CT molecular complexity index is 1170. The van der Waals surface area contributed by atoms with Crippen LogP contribution in [0.3, 0.4) is 0 Å². The summed E-state index contributed by atoms with van der Waals surface area (Å²) >= 11 is 9.42. The molecule has 0 heterocycles. The molecule has 0 saturated heterocycles. The van der Waals surface area contributed by atoms with E-state index in [4.69, 9.17) is 16.3 Å². The number of sulfonamides is 1. The molecule has 9 heteroatoms. The van der Waals surface area contributed by atoms with Crippen molar-refractivity contribution in [3.8, 4) is 5.75 Å². The van der Waals surface area contributed by atoms with Gasteiger partial charge in [-0.1, -0.05) is 51.8 Å². The van der Waals surface area contributed by atoms with E-state index in [9.17, 15) is 13.2 Å². The van der Waals surface area contributed by atoms with Crippen molar-refractivity contribution in [2.75, 3.05) is 24.0 Å². The second-order valence-electron chi connectivity index (χ2n) is 6.91. The van der Waals surface area contributed by atoms with Gasteiger partial charge in [-0.3, -0.25) is 9.10 Å². The Morgan fingerprint density at radius 2 is 1.75 bits per heavy atom. The fraction of sp³-hybridized carbons (Fsp3) is 0.174. The van der Waals surface area contributed by atoms with E-state index < -0.39 is 15.9 Å². The highest BCUT2D eigenvalue weighted by molar-refractivity contribution is 9.10. The fourth-order valence-corrected chi connectivity index (χ4v) is 4.73. The summed E-state index contributed by atoms with van der Waals surface area (Å²) < 4.78 is 33.9. The molecule has 0 atom stereocenters. The molecular formula is C23H22BrClN2O4S. The summed E-state index contributed by atoms with van der Waals surface area (Å²) in [5.41, 5.74) is 1.33. The van der Waals surface area contributed by atoms with Crippen molar-refractivity contribution in [2.24, 2.45) is 0 Å². The molecule has 168 valence electrons. The van der Waals surface area contributed by atoms with E-state index in [2.05, 4.69) is 21.2 Å². The van der Waals surface area contributed by atoms with Gasteiger partial charge in [-0.05, 0) is 61.0 Å². The number of amides is 1. The average molecular weight is 538 g/mol. The quantitative estimate of drug-likeness (QED) is 0.398. The molecule has 0 aliphatic carbocycles. The van der Waals surface area contributed by atoms with Gasteiger partial charge in [-0.15, -0.1) is 0 Å². The first-order chi connectivity index (χ1) is 15.3. The van der Waals surface area contributed by atoms with Crippen LogP contribution in [0.25, 0.3) is 0 Å². The number of halogens is 2. The third-order valence-corrected chi connectivity index (χ3v) is 7.29. The van der Waals surface area contributed by atoms with Crippen LogP contribution in [0.15, 0.2) is 82.2 Å². The van der Waals surface area contributed by atoms with Gasteiger partial charge < -0.3 is 10.1 Å². The molecule has 0 aromatic heterocycles. The van der Waals surface area contributed by atoms with Crippen molar-refractivity contribution in [2.45, 2.75) is 11.8 Å². The largest absolute Gasteiger partial charge is 0.492 e. The molecule has 0 radical (unpaired) electrons. The predicted octanol–water partition coefficient (Wildman–Crippen LogP) is 4.80. The maximum atomic E-state index is 13.2. The molecule has 3 aromatic rings. The summed E-state index contributed by atoms with van der Waals surface area (Å²) in [4.78, 5) is 12.7. The van der Waals surface area contributed by atoms with Gasteiger partial charge in [0, 0.05) is 9.50 Å². The third kappa shape index (κ3) is 6.25. The summed E-state index contributed by atoms with van der Waals surface area (Å²) in [5, 5.41) is 3.30. The van der Waals surface area contributed by atoms with Gasteiger partial charge in [0.15, 0.2) is 0 Å². The maximum absolute atomic E-state index is 13.2. The molecule has 3 aromatic carbocycles. The van der Waals surface area contributed by atoms with Crippen molar-refractivity contribution in [1.29, 1.82) is 0 Å². The van der Waals surface area contributed by atoms with Crippen molar-refractivity contribution in [1.82, 2.24) is 5.32 Å². The van der Waals surface area contributed by atoms with Crippen molar-refractivity contribution >= 4 is 49.1 Å². The number of benzene rings is 3. The number of nitrogens with one attached hydrogen (secondary N) is 1. The van der Waals surface area contributed by atoms with Crippen LogP contribution in [0.2, 0.25) is 5.02 Å². The SMILES string of the molecule is Cc1ccc(OCCNC(=O)CN(c2ccc(Br)cc2)S(=O)(=O)c2ccccc2)cc1Cl. The molecule has 0 unspecified atom stereocenters. The standard InChI is InChI=1S/C23H22BrClN2O4S/c1-17-7-12-20(15-22(17)25)31-14-13-26-23(28)16-27(19-10-8-18(24)9-11-19)32(29,30)21-5-3-2-4-6-21/h2-12,15H,13-14,16H2,1H3,(H,26,28). The van der Waals surface area contributed by atoms with E-state index in [1.54, 1.807) is 54.6 Å². The number of ether oxygens (including phenoxy) is 1. The Hall–Kier alpha value is -2.55. The molecule has 1 amide bonds. The molecule has 3 rings (SSSR count). The zero-order chi connectivity index (χ0) is 23.1. The molecule has 1 N–H and O–H groups in total. The van der Waals surface area contributed by atoms with Gasteiger partial charge in [-0.2, -0.15) is 0 Å². The normalized spacial score (nSPS) is 11.1. The number of hydrogen-bond donors (Lipinski definition) is 1. The molecule has 0 aliphatic heterocycles. The first-order valence-corrected chi connectivity index (χ1v) is 12.4. The topological polar surface area (TPSA) is 75.7 Å². The number of aryl methyl sites for hydroxylation is 1. The lowest BCUT2D eigenvalue weighted by Gasteiger charge is -2.24. The molecule has 0 bridgehead atoms.